The zero-order valence-corrected chi connectivity index (χ0v) is 32.2. The molecule has 0 N–H and O–H groups in total. The molecule has 0 heterocycles. The Morgan fingerprint density at radius 1 is 0.614 bits per heavy atom. The van der Waals surface area contributed by atoms with E-state index in [0.717, 1.165) is 45.3 Å². The molecule has 0 amide bonds. The molecule has 2 atom stereocenters. The van der Waals surface area contributed by atoms with Crippen molar-refractivity contribution in [2.24, 2.45) is 5.41 Å². The molecule has 252 valence electrons. The first-order valence-corrected chi connectivity index (χ1v) is 16.7. The molecule has 44 heavy (non-hydrogen) atoms. The second kappa shape index (κ2) is 22.1. The molecular weight excluding hydrogens is 564 g/mol. The van der Waals surface area contributed by atoms with Crippen LogP contribution in [0.15, 0.2) is 48.6 Å². The summed E-state index contributed by atoms with van der Waals surface area (Å²) >= 11 is 4.57. The second-order valence-electron chi connectivity index (χ2n) is 12.1. The third-order valence-corrected chi connectivity index (χ3v) is 7.20. The van der Waals surface area contributed by atoms with Gasteiger partial charge in [0.05, 0.1) is 0 Å². The summed E-state index contributed by atoms with van der Waals surface area (Å²) < 4.78 is 23.4. The molecular formula is C39H66O4S. The number of thiol groups is 1. The van der Waals surface area contributed by atoms with Gasteiger partial charge in [-0.3, -0.25) is 0 Å². The fourth-order valence-corrected chi connectivity index (χ4v) is 3.57. The molecule has 5 heteroatoms. The van der Waals surface area contributed by atoms with Crippen molar-refractivity contribution in [1.29, 1.82) is 0 Å². The van der Waals surface area contributed by atoms with Gasteiger partial charge in [-0.25, -0.2) is 0 Å². The van der Waals surface area contributed by atoms with Gasteiger partial charge in [0.1, 0.15) is 48.4 Å². The van der Waals surface area contributed by atoms with Gasteiger partial charge in [0, 0.05) is 4.75 Å². The van der Waals surface area contributed by atoms with E-state index in [-0.39, 0.29) is 22.4 Å². The third kappa shape index (κ3) is 16.5. The van der Waals surface area contributed by atoms with Crippen LogP contribution in [0.1, 0.15) is 112 Å². The Morgan fingerprint density at radius 3 is 1.16 bits per heavy atom. The molecule has 2 aromatic rings. The lowest BCUT2D eigenvalue weighted by molar-refractivity contribution is 0.102. The average Bonchev–Trinajstić information content (AvgIpc) is 2.94. The van der Waals surface area contributed by atoms with Crippen molar-refractivity contribution < 1.29 is 18.9 Å². The van der Waals surface area contributed by atoms with Gasteiger partial charge in [0.2, 0.25) is 0 Å². The Balaban J connectivity index is 0. The molecule has 0 radical (unpaired) electrons. The number of ether oxygens (including phenoxy) is 4. The maximum absolute atomic E-state index is 6.15. The summed E-state index contributed by atoms with van der Waals surface area (Å²) in [5, 5.41) is 0. The highest BCUT2D eigenvalue weighted by Crippen LogP contribution is 2.33. The molecule has 0 saturated heterocycles. The van der Waals surface area contributed by atoms with E-state index in [0.29, 0.717) is 13.2 Å². The van der Waals surface area contributed by atoms with Gasteiger partial charge in [-0.1, -0.05) is 72.8 Å². The van der Waals surface area contributed by atoms with Crippen LogP contribution in [0.3, 0.4) is 0 Å². The van der Waals surface area contributed by atoms with E-state index in [4.69, 9.17) is 18.9 Å². The number of hydrogen-bond acceptors (Lipinski definition) is 5. The molecule has 0 aliphatic heterocycles. The van der Waals surface area contributed by atoms with Gasteiger partial charge in [-0.2, -0.15) is 12.6 Å². The Morgan fingerprint density at radius 2 is 0.909 bits per heavy atom. The lowest BCUT2D eigenvalue weighted by Crippen LogP contribution is -2.33. The van der Waals surface area contributed by atoms with Crippen LogP contribution >= 0.6 is 12.6 Å². The molecule has 0 spiro atoms. The second-order valence-corrected chi connectivity index (χ2v) is 13.2. The van der Waals surface area contributed by atoms with E-state index in [1.165, 1.54) is 0 Å². The first-order valence-electron chi connectivity index (χ1n) is 16.3. The quantitative estimate of drug-likeness (QED) is 0.198. The predicted molar refractivity (Wildman–Crippen MR) is 198 cm³/mol. The minimum absolute atomic E-state index is 0.0260. The van der Waals surface area contributed by atoms with Crippen LogP contribution in [0.25, 0.3) is 0 Å². The van der Waals surface area contributed by atoms with Crippen molar-refractivity contribution in [3.8, 4) is 23.0 Å². The Kier molecular flexibility index (Phi) is 21.9. The summed E-state index contributed by atoms with van der Waals surface area (Å²) in [5.41, 5.74) is 4.54. The third-order valence-electron chi connectivity index (χ3n) is 6.84. The highest BCUT2D eigenvalue weighted by atomic mass is 32.1. The average molecular weight is 631 g/mol. The Bertz CT molecular complexity index is 984. The summed E-state index contributed by atoms with van der Waals surface area (Å²) in [6, 6.07) is 8.12. The molecule has 0 aliphatic carbocycles. The van der Waals surface area contributed by atoms with Crippen molar-refractivity contribution >= 4 is 12.6 Å². The summed E-state index contributed by atoms with van der Waals surface area (Å²) in [6.45, 7) is 36.3. The van der Waals surface area contributed by atoms with Gasteiger partial charge >= 0.3 is 0 Å². The highest BCUT2D eigenvalue weighted by molar-refractivity contribution is 7.81. The maximum Gasteiger partial charge on any atom is 0.125 e. The smallest absolute Gasteiger partial charge is 0.125 e. The van der Waals surface area contributed by atoms with Crippen LogP contribution in [-0.2, 0) is 0 Å². The van der Waals surface area contributed by atoms with Crippen LogP contribution in [0.5, 0.6) is 23.0 Å². The largest absolute Gasteiger partial charge is 0.490 e. The summed E-state index contributed by atoms with van der Waals surface area (Å²) in [7, 11) is 0. The highest BCUT2D eigenvalue weighted by Gasteiger charge is 2.25. The topological polar surface area (TPSA) is 36.9 Å². The van der Waals surface area contributed by atoms with Gasteiger partial charge in [0.25, 0.3) is 0 Å². The van der Waals surface area contributed by atoms with Gasteiger partial charge in [-0.15, -0.1) is 0 Å². The fraction of sp³-hybridized carbons (Fsp3) is 0.590. The molecule has 4 nitrogen and oxygen atoms in total. The minimum Gasteiger partial charge on any atom is -0.490 e. The van der Waals surface area contributed by atoms with Crippen LogP contribution < -0.4 is 18.9 Å². The Hall–Kier alpha value is -2.53. The number of allylic oxidation sites excluding steroid dienone is 2. The predicted octanol–water partition coefficient (Wildman–Crippen LogP) is 11.9. The van der Waals surface area contributed by atoms with Crippen molar-refractivity contribution in [2.45, 2.75) is 135 Å². The molecule has 2 aromatic carbocycles. The summed E-state index contributed by atoms with van der Waals surface area (Å²) in [6.07, 6.45) is 8.14. The molecule has 0 aromatic heterocycles. The van der Waals surface area contributed by atoms with E-state index >= 15 is 0 Å². The van der Waals surface area contributed by atoms with Crippen LogP contribution in [0.2, 0.25) is 0 Å². The van der Waals surface area contributed by atoms with E-state index in [2.05, 4.69) is 68.0 Å². The van der Waals surface area contributed by atoms with Crippen molar-refractivity contribution in [3.05, 3.63) is 70.8 Å². The van der Waals surface area contributed by atoms with Crippen LogP contribution in [-0.4, -0.2) is 30.2 Å². The fourth-order valence-electron chi connectivity index (χ4n) is 3.52. The summed E-state index contributed by atoms with van der Waals surface area (Å²) in [5.74, 6) is 3.68. The number of aryl methyl sites for hydroxylation is 4. The molecule has 0 bridgehead atoms. The first-order chi connectivity index (χ1) is 20.5. The molecule has 0 saturated carbocycles. The lowest BCUT2D eigenvalue weighted by atomic mass is 9.90. The first kappa shape index (κ1) is 43.6. The van der Waals surface area contributed by atoms with Gasteiger partial charge in [0.15, 0.2) is 0 Å². The van der Waals surface area contributed by atoms with Crippen molar-refractivity contribution in [1.82, 2.24) is 0 Å². The number of rotatable bonds is 11. The van der Waals surface area contributed by atoms with Crippen molar-refractivity contribution in [2.75, 3.05) is 13.2 Å². The van der Waals surface area contributed by atoms with E-state index in [1.807, 2.05) is 111 Å². The lowest BCUT2D eigenvalue weighted by Gasteiger charge is -2.29. The normalized spacial score (nSPS) is 12.6. The number of benzene rings is 2. The van der Waals surface area contributed by atoms with Crippen LogP contribution in [0, 0.1) is 33.1 Å². The standard InChI is InChI=1S/C18H28O2.C17H26O2S.2C2H6/c1-8-9-10-19-16-11-13(2)17(14(3)12-16)20-15(4)18(5,6)7;1-7-8-9-18-15-10-12(2)16(13(3)11-15)19-14(4)17(5,6)20;2*1-2/h8-9,11-12,15H,10H2,1-7H3;7-8,10-11,14,20H,9H2,1-6H3;2*1-2H3/b9-8+;8-7+;;. The zero-order chi connectivity index (χ0) is 34.7. The van der Waals surface area contributed by atoms with E-state index < -0.39 is 0 Å². The van der Waals surface area contributed by atoms with Crippen molar-refractivity contribution in [3.63, 3.8) is 0 Å². The van der Waals surface area contributed by atoms with Crippen LogP contribution in [0.4, 0.5) is 0 Å². The van der Waals surface area contributed by atoms with Gasteiger partial charge < -0.3 is 18.9 Å². The maximum atomic E-state index is 6.15. The molecule has 2 rings (SSSR count). The molecule has 0 fully saturated rings. The number of hydrogen-bond donors (Lipinski definition) is 1. The van der Waals surface area contributed by atoms with E-state index in [9.17, 15) is 0 Å². The molecule has 0 aliphatic rings. The van der Waals surface area contributed by atoms with E-state index in [1.54, 1.807) is 0 Å². The monoisotopic (exact) mass is 630 g/mol. The molecule has 2 unspecified atom stereocenters. The SMILES string of the molecule is C/C=C/COc1cc(C)c(OC(C)C(C)(C)C)c(C)c1.C/C=C/COc1cc(C)c(OC(C)C(C)(C)S)c(C)c1.CC.CC. The Labute approximate surface area is 278 Å². The summed E-state index contributed by atoms with van der Waals surface area (Å²) in [4.78, 5) is 0. The zero-order valence-electron chi connectivity index (χ0n) is 31.3. The minimum atomic E-state index is -0.181. The van der Waals surface area contributed by atoms with Gasteiger partial charge in [-0.05, 0) is 121 Å².